The van der Waals surface area contributed by atoms with Gasteiger partial charge in [0.25, 0.3) is 5.91 Å². The maximum Gasteiger partial charge on any atom is 0.373 e. The Balaban J connectivity index is 0.00000134. The molecular weight excluding hydrogens is 514 g/mol. The molecule has 1 heterocycles. The zero-order valence-corrected chi connectivity index (χ0v) is 25.0. The summed E-state index contributed by atoms with van der Waals surface area (Å²) >= 11 is 0. The number of sulfonamides is 1. The molecule has 2 fully saturated rings. The summed E-state index contributed by atoms with van der Waals surface area (Å²) in [4.78, 5) is 29.8. The highest BCUT2D eigenvalue weighted by molar-refractivity contribution is 7.89. The SMILES string of the molecule is Cc1c(-c2cc(C(=O)NC3CCC3)c(C)n2CC2CCCCC2)ccc(S(=O)(=O)NC(C)(C)C)c1C.O=C=O. The molecule has 0 radical (unpaired) electrons. The molecule has 2 N–H and O–H groups in total. The van der Waals surface area contributed by atoms with Gasteiger partial charge in [-0.2, -0.15) is 9.59 Å². The summed E-state index contributed by atoms with van der Waals surface area (Å²) in [5.41, 5.74) is 4.83. The molecule has 1 aromatic heterocycles. The van der Waals surface area contributed by atoms with Crippen molar-refractivity contribution < 1.29 is 22.8 Å². The quantitative estimate of drug-likeness (QED) is 0.471. The lowest BCUT2D eigenvalue weighted by Crippen LogP contribution is -2.40. The van der Waals surface area contributed by atoms with Gasteiger partial charge in [0.05, 0.1) is 10.5 Å². The van der Waals surface area contributed by atoms with Gasteiger partial charge in [0, 0.05) is 35.1 Å². The molecule has 2 saturated carbocycles. The Morgan fingerprint density at radius 3 is 2.13 bits per heavy atom. The van der Waals surface area contributed by atoms with Crippen molar-refractivity contribution in [3.05, 3.63) is 40.6 Å². The number of rotatable bonds is 7. The molecule has 1 aromatic carbocycles. The lowest BCUT2D eigenvalue weighted by molar-refractivity contribution is -0.191. The van der Waals surface area contributed by atoms with Gasteiger partial charge in [0.1, 0.15) is 0 Å². The third kappa shape index (κ3) is 7.47. The van der Waals surface area contributed by atoms with E-state index in [4.69, 9.17) is 9.59 Å². The lowest BCUT2D eigenvalue weighted by atomic mass is 9.89. The number of aromatic nitrogens is 1. The van der Waals surface area contributed by atoms with Crippen LogP contribution in [0.4, 0.5) is 0 Å². The Bertz CT molecular complexity index is 1320. The van der Waals surface area contributed by atoms with Gasteiger partial charge in [-0.3, -0.25) is 4.79 Å². The van der Waals surface area contributed by atoms with Crippen LogP contribution in [0.25, 0.3) is 11.3 Å². The first kappa shape index (κ1) is 30.8. The van der Waals surface area contributed by atoms with Crippen LogP contribution in [0.3, 0.4) is 0 Å². The minimum atomic E-state index is -3.65. The highest BCUT2D eigenvalue weighted by Crippen LogP contribution is 2.35. The maximum atomic E-state index is 13.2. The van der Waals surface area contributed by atoms with E-state index in [1.54, 1.807) is 6.07 Å². The second kappa shape index (κ2) is 12.6. The van der Waals surface area contributed by atoms with Crippen LogP contribution in [0.1, 0.15) is 99.3 Å². The molecule has 0 aliphatic heterocycles. The number of nitrogens with zero attached hydrogens (tertiary/aromatic N) is 1. The van der Waals surface area contributed by atoms with Gasteiger partial charge in [-0.15, -0.1) is 0 Å². The smallest absolute Gasteiger partial charge is 0.349 e. The summed E-state index contributed by atoms with van der Waals surface area (Å²) in [5, 5.41) is 3.21. The monoisotopic (exact) mass is 557 g/mol. The zero-order chi connectivity index (χ0) is 29.0. The zero-order valence-electron chi connectivity index (χ0n) is 24.1. The Morgan fingerprint density at radius 1 is 0.974 bits per heavy atom. The van der Waals surface area contributed by atoms with E-state index in [1.807, 2.05) is 46.8 Å². The van der Waals surface area contributed by atoms with Crippen LogP contribution in [0.5, 0.6) is 0 Å². The van der Waals surface area contributed by atoms with Gasteiger partial charge in [0.15, 0.2) is 0 Å². The average Bonchev–Trinajstić information content (AvgIpc) is 3.13. The Labute approximate surface area is 233 Å². The molecule has 2 aliphatic rings. The normalized spacial score (nSPS) is 16.6. The first-order valence-corrected chi connectivity index (χ1v) is 15.4. The minimum Gasteiger partial charge on any atom is -0.349 e. The molecule has 0 atom stereocenters. The van der Waals surface area contributed by atoms with E-state index in [2.05, 4.69) is 21.5 Å². The lowest BCUT2D eigenvalue weighted by Gasteiger charge is -2.26. The van der Waals surface area contributed by atoms with E-state index < -0.39 is 15.6 Å². The van der Waals surface area contributed by atoms with E-state index in [0.29, 0.717) is 10.8 Å². The molecular formula is C30H43N3O5S. The fourth-order valence-corrected chi connectivity index (χ4v) is 7.32. The number of carbonyl (C=O) groups is 1. The highest BCUT2D eigenvalue weighted by Gasteiger charge is 2.28. The molecule has 8 nitrogen and oxygen atoms in total. The van der Waals surface area contributed by atoms with Crippen molar-refractivity contribution in [1.29, 1.82) is 0 Å². The van der Waals surface area contributed by atoms with E-state index in [9.17, 15) is 13.2 Å². The number of benzene rings is 1. The summed E-state index contributed by atoms with van der Waals surface area (Å²) in [6, 6.07) is 5.94. The van der Waals surface area contributed by atoms with Gasteiger partial charge in [-0.25, -0.2) is 13.1 Å². The van der Waals surface area contributed by atoms with Crippen molar-refractivity contribution in [1.82, 2.24) is 14.6 Å². The molecule has 214 valence electrons. The predicted molar refractivity (Wildman–Crippen MR) is 151 cm³/mol. The molecule has 2 aliphatic carbocycles. The van der Waals surface area contributed by atoms with E-state index >= 15 is 0 Å². The Kier molecular flexibility index (Phi) is 9.97. The van der Waals surface area contributed by atoms with Gasteiger partial charge in [-0.05, 0) is 103 Å². The molecule has 39 heavy (non-hydrogen) atoms. The van der Waals surface area contributed by atoms with Gasteiger partial charge >= 0.3 is 6.15 Å². The fourth-order valence-electron chi connectivity index (χ4n) is 5.60. The molecule has 4 rings (SSSR count). The van der Waals surface area contributed by atoms with Crippen molar-refractivity contribution in [3.63, 3.8) is 0 Å². The number of amides is 1. The molecule has 9 heteroatoms. The summed E-state index contributed by atoms with van der Waals surface area (Å²) in [5.74, 6) is 0.604. The van der Waals surface area contributed by atoms with Crippen LogP contribution in [-0.2, 0) is 26.2 Å². The molecule has 0 spiro atoms. The molecule has 0 saturated heterocycles. The largest absolute Gasteiger partial charge is 0.373 e. The fraction of sp³-hybridized carbons (Fsp3) is 0.600. The van der Waals surface area contributed by atoms with E-state index in [-0.39, 0.29) is 18.1 Å². The molecule has 0 bridgehead atoms. The Morgan fingerprint density at radius 2 is 1.59 bits per heavy atom. The summed E-state index contributed by atoms with van der Waals surface area (Å²) in [7, 11) is -3.65. The predicted octanol–water partition coefficient (Wildman–Crippen LogP) is 5.44. The van der Waals surface area contributed by atoms with Crippen molar-refractivity contribution in [2.24, 2.45) is 5.92 Å². The van der Waals surface area contributed by atoms with Crippen molar-refractivity contribution in [2.45, 2.75) is 116 Å². The van der Waals surface area contributed by atoms with Crippen LogP contribution < -0.4 is 10.0 Å². The summed E-state index contributed by atoms with van der Waals surface area (Å²) in [6.45, 7) is 12.3. The average molecular weight is 558 g/mol. The van der Waals surface area contributed by atoms with Gasteiger partial charge in [-0.1, -0.05) is 25.3 Å². The highest BCUT2D eigenvalue weighted by atomic mass is 32.2. The minimum absolute atomic E-state index is 0.00351. The van der Waals surface area contributed by atoms with Gasteiger partial charge in [0.2, 0.25) is 10.0 Å². The van der Waals surface area contributed by atoms with Crippen LogP contribution in [0.2, 0.25) is 0 Å². The van der Waals surface area contributed by atoms with Crippen molar-refractivity contribution in [3.8, 4) is 11.3 Å². The second-order valence-corrected chi connectivity index (χ2v) is 13.7. The topological polar surface area (TPSA) is 114 Å². The summed E-state index contributed by atoms with van der Waals surface area (Å²) in [6.07, 6.45) is 9.80. The number of carbonyl (C=O) groups excluding carboxylic acids is 3. The molecule has 1 amide bonds. The molecule has 2 aromatic rings. The van der Waals surface area contributed by atoms with Crippen LogP contribution in [-0.4, -0.2) is 36.6 Å². The van der Waals surface area contributed by atoms with E-state index in [1.165, 1.54) is 38.5 Å². The Hall–Kier alpha value is -2.74. The standard InChI is InChI=1S/C29H43N3O3S.CO2/c1-19-20(2)27(36(34,35)31-29(4,5)6)16-15-24(19)26-17-25(28(33)30-23-13-10-14-23)21(3)32(26)18-22-11-8-7-9-12-22;2-1-3/h15-17,22-23,31H,7-14,18H2,1-6H3,(H,30,33);. The number of nitrogens with one attached hydrogen (secondary N) is 2. The summed E-state index contributed by atoms with van der Waals surface area (Å²) < 4.78 is 31.3. The van der Waals surface area contributed by atoms with Crippen molar-refractivity contribution in [2.75, 3.05) is 0 Å². The number of hydrogen-bond acceptors (Lipinski definition) is 5. The van der Waals surface area contributed by atoms with E-state index in [0.717, 1.165) is 53.0 Å². The van der Waals surface area contributed by atoms with Crippen molar-refractivity contribution >= 4 is 22.1 Å². The maximum absolute atomic E-state index is 13.2. The third-order valence-electron chi connectivity index (χ3n) is 7.96. The second-order valence-electron chi connectivity index (χ2n) is 12.0. The van der Waals surface area contributed by atoms with Crippen LogP contribution in [0, 0.1) is 26.7 Å². The molecule has 0 unspecified atom stereocenters. The third-order valence-corrected chi connectivity index (χ3v) is 9.86. The first-order valence-electron chi connectivity index (χ1n) is 13.9. The first-order chi connectivity index (χ1) is 18.3. The van der Waals surface area contributed by atoms with Crippen LogP contribution >= 0.6 is 0 Å². The van der Waals surface area contributed by atoms with Crippen LogP contribution in [0.15, 0.2) is 23.1 Å². The number of hydrogen-bond donors (Lipinski definition) is 2. The van der Waals surface area contributed by atoms with Gasteiger partial charge < -0.3 is 9.88 Å².